The lowest BCUT2D eigenvalue weighted by Gasteiger charge is -2.15. The number of hydrogen-bond acceptors (Lipinski definition) is 4. The van der Waals surface area contributed by atoms with E-state index in [1.165, 1.54) is 12.3 Å². The van der Waals surface area contributed by atoms with Gasteiger partial charge >= 0.3 is 5.97 Å². The molecule has 1 aliphatic carbocycles. The third-order valence-corrected chi connectivity index (χ3v) is 4.61. The van der Waals surface area contributed by atoms with Crippen LogP contribution in [0.5, 0.6) is 0 Å². The molecule has 1 unspecified atom stereocenters. The number of carbonyl (C=O) groups excluding carboxylic acids is 1. The van der Waals surface area contributed by atoms with E-state index in [1.807, 2.05) is 6.92 Å². The van der Waals surface area contributed by atoms with Gasteiger partial charge in [-0.1, -0.05) is 0 Å². The summed E-state index contributed by atoms with van der Waals surface area (Å²) >= 11 is 0. The van der Waals surface area contributed by atoms with E-state index < -0.39 is 17.2 Å². The van der Waals surface area contributed by atoms with Gasteiger partial charge in [-0.3, -0.25) is 4.79 Å². The molecule has 0 radical (unpaired) electrons. The highest BCUT2D eigenvalue weighted by atomic mass is 19.1. The van der Waals surface area contributed by atoms with Crippen LogP contribution >= 0.6 is 0 Å². The molecule has 3 rings (SSSR count). The fourth-order valence-corrected chi connectivity index (χ4v) is 3.48. The largest absolute Gasteiger partial charge is 0.462 e. The zero-order valence-electron chi connectivity index (χ0n) is 13.8. The van der Waals surface area contributed by atoms with Crippen LogP contribution in [0.15, 0.2) is 17.1 Å². The number of aliphatic hydroxyl groups is 1. The highest BCUT2D eigenvalue weighted by Gasteiger charge is 2.29. The Hall–Kier alpha value is -2.21. The number of benzene rings is 1. The summed E-state index contributed by atoms with van der Waals surface area (Å²) in [6.45, 7) is 4.24. The molecule has 24 heavy (non-hydrogen) atoms. The number of rotatable bonds is 4. The lowest BCUT2D eigenvalue weighted by molar-refractivity contribution is 0.0524. The molecule has 0 bridgehead atoms. The predicted octanol–water partition coefficient (Wildman–Crippen LogP) is 2.04. The van der Waals surface area contributed by atoms with Gasteiger partial charge in [-0.2, -0.15) is 0 Å². The average molecular weight is 333 g/mol. The summed E-state index contributed by atoms with van der Waals surface area (Å²) in [7, 11) is 0. The third-order valence-electron chi connectivity index (χ3n) is 4.61. The second-order valence-electron chi connectivity index (χ2n) is 6.05. The van der Waals surface area contributed by atoms with Gasteiger partial charge in [0.15, 0.2) is 0 Å². The summed E-state index contributed by atoms with van der Waals surface area (Å²) in [6, 6.07) is 1.21. The van der Waals surface area contributed by atoms with Crippen molar-refractivity contribution in [1.29, 1.82) is 0 Å². The van der Waals surface area contributed by atoms with Crippen molar-refractivity contribution in [3.63, 3.8) is 0 Å². The summed E-state index contributed by atoms with van der Waals surface area (Å²) in [6.07, 6.45) is 2.48. The Balaban J connectivity index is 2.32. The smallest absolute Gasteiger partial charge is 0.343 e. The summed E-state index contributed by atoms with van der Waals surface area (Å²) in [4.78, 5) is 24.7. The molecule has 0 fully saturated rings. The first kappa shape index (κ1) is 16.6. The minimum atomic E-state index is -0.694. The first-order valence-electron chi connectivity index (χ1n) is 8.17. The molecule has 0 saturated heterocycles. The number of fused-ring (bicyclic) bond motifs is 3. The van der Waals surface area contributed by atoms with Crippen LogP contribution in [0, 0.1) is 11.7 Å². The second kappa shape index (κ2) is 6.36. The number of aromatic nitrogens is 1. The molecular weight excluding hydrogens is 313 g/mol. The zero-order chi connectivity index (χ0) is 17.4. The summed E-state index contributed by atoms with van der Waals surface area (Å²) < 4.78 is 21.2. The van der Waals surface area contributed by atoms with Crippen LogP contribution in [0.3, 0.4) is 0 Å². The van der Waals surface area contributed by atoms with Crippen molar-refractivity contribution in [2.45, 2.75) is 33.2 Å². The molecule has 1 N–H and O–H groups in total. The van der Waals surface area contributed by atoms with E-state index in [0.717, 1.165) is 5.56 Å². The van der Waals surface area contributed by atoms with Crippen LogP contribution in [0.25, 0.3) is 10.9 Å². The quantitative estimate of drug-likeness (QED) is 0.870. The van der Waals surface area contributed by atoms with E-state index in [0.29, 0.717) is 30.5 Å². The van der Waals surface area contributed by atoms with E-state index in [-0.39, 0.29) is 30.1 Å². The van der Waals surface area contributed by atoms with Gasteiger partial charge in [0.2, 0.25) is 5.43 Å². The van der Waals surface area contributed by atoms with Crippen molar-refractivity contribution in [3.05, 3.63) is 45.0 Å². The maximum Gasteiger partial charge on any atom is 0.343 e. The van der Waals surface area contributed by atoms with E-state index in [9.17, 15) is 19.1 Å². The Morgan fingerprint density at radius 1 is 1.38 bits per heavy atom. The van der Waals surface area contributed by atoms with Crippen molar-refractivity contribution in [3.8, 4) is 0 Å². The highest BCUT2D eigenvalue weighted by Crippen LogP contribution is 2.34. The maximum absolute atomic E-state index is 14.5. The first-order chi connectivity index (χ1) is 11.5. The van der Waals surface area contributed by atoms with Gasteiger partial charge in [0.05, 0.1) is 12.1 Å². The molecule has 2 aromatic rings. The molecule has 128 valence electrons. The predicted molar refractivity (Wildman–Crippen MR) is 87.8 cm³/mol. The summed E-state index contributed by atoms with van der Waals surface area (Å²) in [5, 5.41) is 9.60. The fraction of sp³-hybridized carbons (Fsp3) is 0.444. The monoisotopic (exact) mass is 333 g/mol. The van der Waals surface area contributed by atoms with Crippen molar-refractivity contribution < 1.29 is 19.0 Å². The molecule has 0 spiro atoms. The number of hydrogen-bond donors (Lipinski definition) is 1. The Morgan fingerprint density at radius 2 is 2.08 bits per heavy atom. The van der Waals surface area contributed by atoms with Gasteiger partial charge in [0, 0.05) is 24.7 Å². The minimum Gasteiger partial charge on any atom is -0.462 e. The Kier molecular flexibility index (Phi) is 4.41. The molecule has 1 aromatic carbocycles. The van der Waals surface area contributed by atoms with Gasteiger partial charge in [0.1, 0.15) is 11.4 Å². The maximum atomic E-state index is 14.5. The Morgan fingerprint density at radius 3 is 2.71 bits per heavy atom. The molecule has 0 saturated carbocycles. The topological polar surface area (TPSA) is 68.5 Å². The number of carbonyl (C=O) groups is 1. The second-order valence-corrected chi connectivity index (χ2v) is 6.05. The minimum absolute atomic E-state index is 0.0210. The van der Waals surface area contributed by atoms with Crippen LogP contribution in [0.2, 0.25) is 0 Å². The van der Waals surface area contributed by atoms with Crippen molar-refractivity contribution in [2.24, 2.45) is 5.92 Å². The van der Waals surface area contributed by atoms with E-state index in [4.69, 9.17) is 4.74 Å². The van der Waals surface area contributed by atoms with Crippen LogP contribution in [-0.4, -0.2) is 28.9 Å². The Labute approximate surface area is 138 Å². The van der Waals surface area contributed by atoms with Crippen LogP contribution in [-0.2, 0) is 24.1 Å². The molecule has 5 nitrogen and oxygen atoms in total. The van der Waals surface area contributed by atoms with Crippen molar-refractivity contribution >= 4 is 16.9 Å². The van der Waals surface area contributed by atoms with Crippen LogP contribution < -0.4 is 5.43 Å². The zero-order valence-corrected chi connectivity index (χ0v) is 13.8. The average Bonchev–Trinajstić information content (AvgIpc) is 3.01. The lowest BCUT2D eigenvalue weighted by atomic mass is 10.0. The van der Waals surface area contributed by atoms with Crippen molar-refractivity contribution in [1.82, 2.24) is 4.57 Å². The standard InChI is InChI=1S/C18H20FNO4/c1-3-20-8-14(18(23)24-4-2)17(22)13-7-15(19)11-5-10(9-21)6-12(11)16(13)20/h7-8,10,21H,3-6,9H2,1-2H3. The van der Waals surface area contributed by atoms with Gasteiger partial charge in [-0.05, 0) is 49.8 Å². The molecule has 1 aliphatic rings. The molecule has 1 atom stereocenters. The number of nitrogens with zero attached hydrogens (tertiary/aromatic N) is 1. The number of halogens is 1. The normalized spacial score (nSPS) is 16.4. The van der Waals surface area contributed by atoms with Gasteiger partial charge < -0.3 is 14.4 Å². The SMILES string of the molecule is CCOC(=O)c1cn(CC)c2c3c(c(F)cc2c1=O)CC(CO)C3. The van der Waals surface area contributed by atoms with E-state index in [1.54, 1.807) is 11.5 Å². The van der Waals surface area contributed by atoms with Gasteiger partial charge in [-0.15, -0.1) is 0 Å². The number of pyridine rings is 1. The molecular formula is C18H20FNO4. The third kappa shape index (κ3) is 2.51. The molecule has 0 amide bonds. The first-order valence-corrected chi connectivity index (χ1v) is 8.17. The fourth-order valence-electron chi connectivity index (χ4n) is 3.48. The number of aliphatic hydroxyl groups excluding tert-OH is 1. The van der Waals surface area contributed by atoms with E-state index >= 15 is 0 Å². The Bertz CT molecular complexity index is 872. The number of ether oxygens (including phenoxy) is 1. The van der Waals surface area contributed by atoms with Gasteiger partial charge in [-0.25, -0.2) is 9.18 Å². The van der Waals surface area contributed by atoms with Crippen LogP contribution in [0.4, 0.5) is 4.39 Å². The molecule has 1 aromatic heterocycles. The number of aryl methyl sites for hydroxylation is 1. The summed E-state index contributed by atoms with van der Waals surface area (Å²) in [5.74, 6) is -1.18. The molecule has 1 heterocycles. The number of esters is 1. The molecule has 0 aliphatic heterocycles. The van der Waals surface area contributed by atoms with Gasteiger partial charge in [0.25, 0.3) is 0 Å². The van der Waals surface area contributed by atoms with Crippen molar-refractivity contribution in [2.75, 3.05) is 13.2 Å². The van der Waals surface area contributed by atoms with Crippen LogP contribution in [0.1, 0.15) is 35.3 Å². The lowest BCUT2D eigenvalue weighted by Crippen LogP contribution is -2.21. The van der Waals surface area contributed by atoms with E-state index in [2.05, 4.69) is 0 Å². The highest BCUT2D eigenvalue weighted by molar-refractivity contribution is 5.95. The molecule has 6 heteroatoms. The summed E-state index contributed by atoms with van der Waals surface area (Å²) in [5.41, 5.74) is 1.39.